The summed E-state index contributed by atoms with van der Waals surface area (Å²) in [5.41, 5.74) is 2.47. The largest absolute Gasteiger partial charge is 0.494 e. The third-order valence-corrected chi connectivity index (χ3v) is 5.67. The van der Waals surface area contributed by atoms with Crippen molar-refractivity contribution in [2.45, 2.75) is 0 Å². The third-order valence-electron chi connectivity index (χ3n) is 4.29. The molecule has 0 aliphatic rings. The number of aromatic nitrogens is 1. The maximum atomic E-state index is 12.6. The topological polar surface area (TPSA) is 64.4 Å². The normalized spacial score (nSPS) is 11.0. The van der Waals surface area contributed by atoms with E-state index in [2.05, 4.69) is 10.3 Å². The molecule has 1 aromatic heterocycles. The van der Waals surface area contributed by atoms with Crippen LogP contribution in [0.4, 0.5) is 5.69 Å². The highest BCUT2D eigenvalue weighted by Gasteiger charge is 2.16. The van der Waals surface area contributed by atoms with Crippen LogP contribution in [-0.2, 0) is 0 Å². The van der Waals surface area contributed by atoms with Crippen LogP contribution >= 0.6 is 46.4 Å². The summed E-state index contributed by atoms with van der Waals surface area (Å²) in [5.74, 6) is 0.253. The highest BCUT2D eigenvalue weighted by atomic mass is 35.5. The Morgan fingerprint density at radius 1 is 1.00 bits per heavy atom. The van der Waals surface area contributed by atoms with Gasteiger partial charge in [0, 0.05) is 11.3 Å². The highest BCUT2D eigenvalue weighted by Crippen LogP contribution is 2.36. The van der Waals surface area contributed by atoms with Crippen molar-refractivity contribution in [3.8, 4) is 17.2 Å². The average molecular weight is 482 g/mol. The van der Waals surface area contributed by atoms with Crippen molar-refractivity contribution in [3.63, 3.8) is 0 Å². The molecule has 0 atom stereocenters. The second-order valence-electron chi connectivity index (χ2n) is 6.23. The second kappa shape index (κ2) is 8.36. The van der Waals surface area contributed by atoms with E-state index >= 15 is 0 Å². The van der Waals surface area contributed by atoms with Gasteiger partial charge in [-0.3, -0.25) is 4.79 Å². The standard InChI is InChI=1S/C21H12Cl4N2O3/c1-29-19-14(23)7-10(8-15(19)24)20(28)26-11-5-6-17-16(9-11)27-21(30-17)12-3-2-4-13(22)18(12)25/h2-9H,1H3,(H,26,28). The Hall–Kier alpha value is -2.44. The van der Waals surface area contributed by atoms with Crippen molar-refractivity contribution in [1.82, 2.24) is 4.98 Å². The van der Waals surface area contributed by atoms with Gasteiger partial charge >= 0.3 is 0 Å². The molecule has 4 rings (SSSR count). The lowest BCUT2D eigenvalue weighted by molar-refractivity contribution is 0.102. The van der Waals surface area contributed by atoms with Gasteiger partial charge in [-0.2, -0.15) is 0 Å². The van der Waals surface area contributed by atoms with Gasteiger partial charge < -0.3 is 14.5 Å². The first-order valence-electron chi connectivity index (χ1n) is 8.56. The number of fused-ring (bicyclic) bond motifs is 1. The summed E-state index contributed by atoms with van der Waals surface area (Å²) >= 11 is 24.5. The molecule has 3 aromatic carbocycles. The van der Waals surface area contributed by atoms with Crippen molar-refractivity contribution in [2.24, 2.45) is 0 Å². The van der Waals surface area contributed by atoms with E-state index < -0.39 is 0 Å². The number of oxazole rings is 1. The van der Waals surface area contributed by atoms with Crippen LogP contribution in [0, 0.1) is 0 Å². The minimum Gasteiger partial charge on any atom is -0.494 e. The van der Waals surface area contributed by atoms with Crippen LogP contribution in [0.25, 0.3) is 22.6 Å². The Labute approximate surface area is 191 Å². The Morgan fingerprint density at radius 3 is 2.43 bits per heavy atom. The summed E-state index contributed by atoms with van der Waals surface area (Å²) in [7, 11) is 1.45. The Kier molecular flexibility index (Phi) is 5.80. The fraction of sp³-hybridized carbons (Fsp3) is 0.0476. The molecular formula is C21H12Cl4N2O3. The van der Waals surface area contributed by atoms with Crippen LogP contribution in [0.1, 0.15) is 10.4 Å². The van der Waals surface area contributed by atoms with E-state index in [1.807, 2.05) is 0 Å². The number of amides is 1. The number of halogens is 4. The molecule has 30 heavy (non-hydrogen) atoms. The number of hydrogen-bond donors (Lipinski definition) is 1. The van der Waals surface area contributed by atoms with Crippen LogP contribution in [0.5, 0.6) is 5.75 Å². The van der Waals surface area contributed by atoms with Gasteiger partial charge in [0.2, 0.25) is 5.89 Å². The van der Waals surface area contributed by atoms with Gasteiger partial charge in [-0.05, 0) is 42.5 Å². The van der Waals surface area contributed by atoms with Crippen LogP contribution in [0.3, 0.4) is 0 Å². The molecule has 0 bridgehead atoms. The number of anilines is 1. The number of nitrogens with one attached hydrogen (secondary N) is 1. The third kappa shape index (κ3) is 3.94. The first-order chi connectivity index (χ1) is 14.4. The van der Waals surface area contributed by atoms with E-state index in [0.29, 0.717) is 44.0 Å². The van der Waals surface area contributed by atoms with Crippen LogP contribution in [-0.4, -0.2) is 18.0 Å². The minimum atomic E-state index is -0.387. The van der Waals surface area contributed by atoms with Crippen LogP contribution in [0.2, 0.25) is 20.1 Å². The number of hydrogen-bond acceptors (Lipinski definition) is 4. The van der Waals surface area contributed by atoms with Crippen LogP contribution in [0.15, 0.2) is 52.9 Å². The Balaban J connectivity index is 1.63. The highest BCUT2D eigenvalue weighted by molar-refractivity contribution is 6.43. The fourth-order valence-corrected chi connectivity index (χ4v) is 3.90. The summed E-state index contributed by atoms with van der Waals surface area (Å²) in [6.45, 7) is 0. The molecule has 0 unspecified atom stereocenters. The van der Waals surface area contributed by atoms with Crippen molar-refractivity contribution in [1.29, 1.82) is 0 Å². The van der Waals surface area contributed by atoms with Gasteiger partial charge in [0.25, 0.3) is 5.91 Å². The minimum absolute atomic E-state index is 0.241. The maximum Gasteiger partial charge on any atom is 0.255 e. The molecule has 1 amide bonds. The van der Waals surface area contributed by atoms with E-state index in [0.717, 1.165) is 0 Å². The van der Waals surface area contributed by atoms with Gasteiger partial charge in [-0.25, -0.2) is 4.98 Å². The zero-order valence-corrected chi connectivity index (χ0v) is 18.3. The first-order valence-corrected chi connectivity index (χ1v) is 10.1. The number of carbonyl (C=O) groups is 1. The molecule has 9 heteroatoms. The number of nitrogens with zero attached hydrogens (tertiary/aromatic N) is 1. The number of benzene rings is 3. The van der Waals surface area contributed by atoms with Crippen molar-refractivity contribution >= 4 is 69.1 Å². The fourth-order valence-electron chi connectivity index (χ4n) is 2.88. The van der Waals surface area contributed by atoms with E-state index in [9.17, 15) is 4.79 Å². The molecule has 0 fully saturated rings. The number of methoxy groups -OCH3 is 1. The molecule has 4 aromatic rings. The summed E-state index contributed by atoms with van der Waals surface area (Å²) in [6.07, 6.45) is 0. The molecular weight excluding hydrogens is 470 g/mol. The molecule has 0 saturated carbocycles. The number of carbonyl (C=O) groups excluding carboxylic acids is 1. The molecule has 1 N–H and O–H groups in total. The predicted octanol–water partition coefficient (Wildman–Crippen LogP) is 7.37. The van der Waals surface area contributed by atoms with E-state index in [1.165, 1.54) is 19.2 Å². The molecule has 0 spiro atoms. The SMILES string of the molecule is COc1c(Cl)cc(C(=O)Nc2ccc3oc(-c4cccc(Cl)c4Cl)nc3c2)cc1Cl. The van der Waals surface area contributed by atoms with Gasteiger partial charge in [0.05, 0.1) is 32.8 Å². The molecule has 0 aliphatic heterocycles. The van der Waals surface area contributed by atoms with Crippen molar-refractivity contribution in [2.75, 3.05) is 12.4 Å². The molecule has 0 saturated heterocycles. The quantitative estimate of drug-likeness (QED) is 0.330. The zero-order valence-electron chi connectivity index (χ0n) is 15.3. The molecule has 0 radical (unpaired) electrons. The van der Waals surface area contributed by atoms with Gasteiger partial charge in [-0.1, -0.05) is 52.5 Å². The summed E-state index contributed by atoms with van der Waals surface area (Å²) in [5, 5.41) is 4.03. The molecule has 152 valence electrons. The van der Waals surface area contributed by atoms with E-state index in [-0.39, 0.29) is 21.5 Å². The number of ether oxygens (including phenoxy) is 1. The van der Waals surface area contributed by atoms with E-state index in [1.54, 1.807) is 36.4 Å². The Morgan fingerprint density at radius 2 is 1.73 bits per heavy atom. The summed E-state index contributed by atoms with van der Waals surface area (Å²) in [6, 6.07) is 13.3. The van der Waals surface area contributed by atoms with Crippen molar-refractivity contribution in [3.05, 3.63) is 74.2 Å². The maximum absolute atomic E-state index is 12.6. The summed E-state index contributed by atoms with van der Waals surface area (Å²) < 4.78 is 10.9. The second-order valence-corrected chi connectivity index (χ2v) is 7.83. The molecule has 5 nitrogen and oxygen atoms in total. The van der Waals surface area contributed by atoms with Crippen LogP contribution < -0.4 is 10.1 Å². The zero-order chi connectivity index (χ0) is 21.4. The lowest BCUT2D eigenvalue weighted by atomic mass is 10.2. The smallest absolute Gasteiger partial charge is 0.255 e. The van der Waals surface area contributed by atoms with Crippen molar-refractivity contribution < 1.29 is 13.9 Å². The van der Waals surface area contributed by atoms with Gasteiger partial charge in [0.1, 0.15) is 5.52 Å². The number of rotatable bonds is 4. The first kappa shape index (κ1) is 20.8. The Bertz CT molecular complexity index is 1260. The lowest BCUT2D eigenvalue weighted by Crippen LogP contribution is -2.12. The lowest BCUT2D eigenvalue weighted by Gasteiger charge is -2.09. The van der Waals surface area contributed by atoms with Gasteiger partial charge in [0.15, 0.2) is 11.3 Å². The van der Waals surface area contributed by atoms with E-state index in [4.69, 9.17) is 55.6 Å². The molecule has 0 aliphatic carbocycles. The average Bonchev–Trinajstić information content (AvgIpc) is 3.13. The monoisotopic (exact) mass is 480 g/mol. The summed E-state index contributed by atoms with van der Waals surface area (Å²) in [4.78, 5) is 17.1. The molecule has 1 heterocycles. The van der Waals surface area contributed by atoms with Gasteiger partial charge in [-0.15, -0.1) is 0 Å². The predicted molar refractivity (Wildman–Crippen MR) is 120 cm³/mol.